The quantitative estimate of drug-likeness (QED) is 0.743. The first-order chi connectivity index (χ1) is 7.59. The van der Waals surface area contributed by atoms with Crippen molar-refractivity contribution >= 4 is 29.5 Å². The number of anilines is 1. The number of hydrogen-bond acceptors (Lipinski definition) is 2. The fraction of sp³-hybridized carbons (Fsp3) is 0.200. The standard InChI is InChI=1S/C10H9ClFN3O/c1-14-5-4-13-15(10(14)16)9-3-2-7(11)6-8(9)12/h2-4,6H,5H2,1H3. The summed E-state index contributed by atoms with van der Waals surface area (Å²) in [4.78, 5) is 13.1. The second kappa shape index (κ2) is 4.09. The Kier molecular flexibility index (Phi) is 2.78. The third-order valence-electron chi connectivity index (χ3n) is 2.20. The van der Waals surface area contributed by atoms with E-state index in [0.717, 1.165) is 11.1 Å². The molecule has 0 unspecified atom stereocenters. The van der Waals surface area contributed by atoms with Gasteiger partial charge in [-0.3, -0.25) is 0 Å². The summed E-state index contributed by atoms with van der Waals surface area (Å²) >= 11 is 5.63. The van der Waals surface area contributed by atoms with E-state index in [9.17, 15) is 9.18 Å². The van der Waals surface area contributed by atoms with Crippen LogP contribution in [0.1, 0.15) is 0 Å². The Morgan fingerprint density at radius 2 is 2.25 bits per heavy atom. The lowest BCUT2D eigenvalue weighted by atomic mass is 10.3. The van der Waals surface area contributed by atoms with Crippen molar-refractivity contribution in [1.29, 1.82) is 0 Å². The third kappa shape index (κ3) is 1.86. The molecule has 1 heterocycles. The normalized spacial score (nSPS) is 15.8. The summed E-state index contributed by atoms with van der Waals surface area (Å²) in [5.41, 5.74) is 0.0946. The van der Waals surface area contributed by atoms with Crippen LogP contribution in [0, 0.1) is 5.82 Å². The summed E-state index contributed by atoms with van der Waals surface area (Å²) in [6, 6.07) is 3.71. The van der Waals surface area contributed by atoms with Crippen LogP contribution in [-0.4, -0.2) is 30.7 Å². The highest BCUT2D eigenvalue weighted by Crippen LogP contribution is 2.24. The van der Waals surface area contributed by atoms with Crippen molar-refractivity contribution in [3.8, 4) is 0 Å². The zero-order chi connectivity index (χ0) is 11.7. The Hall–Kier alpha value is -1.62. The summed E-state index contributed by atoms with van der Waals surface area (Å²) in [5.74, 6) is -0.576. The largest absolute Gasteiger partial charge is 0.345 e. The van der Waals surface area contributed by atoms with Gasteiger partial charge in [0.1, 0.15) is 5.69 Å². The van der Waals surface area contributed by atoms with Crippen LogP contribution in [0.15, 0.2) is 23.3 Å². The average molecular weight is 242 g/mol. The molecule has 4 nitrogen and oxygen atoms in total. The maximum atomic E-state index is 13.6. The molecule has 0 saturated heterocycles. The van der Waals surface area contributed by atoms with Gasteiger partial charge < -0.3 is 4.90 Å². The van der Waals surface area contributed by atoms with E-state index in [1.807, 2.05) is 0 Å². The van der Waals surface area contributed by atoms with Gasteiger partial charge >= 0.3 is 6.03 Å². The molecule has 1 aliphatic rings. The predicted molar refractivity (Wildman–Crippen MR) is 60.4 cm³/mol. The molecule has 0 atom stereocenters. The smallest absolute Gasteiger partial charge is 0.321 e. The molecule has 1 aromatic rings. The van der Waals surface area contributed by atoms with Gasteiger partial charge in [0.15, 0.2) is 5.82 Å². The highest BCUT2D eigenvalue weighted by molar-refractivity contribution is 6.30. The molecule has 1 aromatic carbocycles. The molecule has 0 spiro atoms. The number of amides is 2. The minimum atomic E-state index is -0.576. The first kappa shape index (κ1) is 10.9. The summed E-state index contributed by atoms with van der Waals surface area (Å²) in [6.07, 6.45) is 1.54. The van der Waals surface area contributed by atoms with Crippen molar-refractivity contribution in [3.63, 3.8) is 0 Å². The molecule has 0 N–H and O–H groups in total. The molecule has 16 heavy (non-hydrogen) atoms. The Labute approximate surface area is 96.9 Å². The van der Waals surface area contributed by atoms with Gasteiger partial charge in [0.25, 0.3) is 0 Å². The monoisotopic (exact) mass is 241 g/mol. The van der Waals surface area contributed by atoms with Gasteiger partial charge in [-0.2, -0.15) is 10.1 Å². The first-order valence-corrected chi connectivity index (χ1v) is 5.00. The highest BCUT2D eigenvalue weighted by atomic mass is 35.5. The van der Waals surface area contributed by atoms with E-state index >= 15 is 0 Å². The number of benzene rings is 1. The second-order valence-corrected chi connectivity index (χ2v) is 3.81. The lowest BCUT2D eigenvalue weighted by Gasteiger charge is -2.27. The first-order valence-electron chi connectivity index (χ1n) is 4.62. The van der Waals surface area contributed by atoms with E-state index in [0.29, 0.717) is 6.54 Å². The number of hydrogen-bond donors (Lipinski definition) is 0. The zero-order valence-corrected chi connectivity index (χ0v) is 9.28. The number of halogens is 2. The van der Waals surface area contributed by atoms with E-state index in [1.54, 1.807) is 7.05 Å². The van der Waals surface area contributed by atoms with Crippen molar-refractivity contribution < 1.29 is 9.18 Å². The molecule has 0 fully saturated rings. The van der Waals surface area contributed by atoms with E-state index in [1.165, 1.54) is 23.2 Å². The molecule has 84 valence electrons. The van der Waals surface area contributed by atoms with Crippen molar-refractivity contribution in [2.24, 2.45) is 5.10 Å². The number of urea groups is 1. The fourth-order valence-corrected chi connectivity index (χ4v) is 1.51. The summed E-state index contributed by atoms with van der Waals surface area (Å²) < 4.78 is 13.6. The van der Waals surface area contributed by atoms with Crippen LogP contribution >= 0.6 is 11.6 Å². The topological polar surface area (TPSA) is 35.9 Å². The molecule has 0 aliphatic carbocycles. The molecule has 0 aromatic heterocycles. The number of rotatable bonds is 1. The Balaban J connectivity index is 2.40. The van der Waals surface area contributed by atoms with Gasteiger partial charge in [0, 0.05) is 18.3 Å². The van der Waals surface area contributed by atoms with E-state index in [-0.39, 0.29) is 16.7 Å². The molecule has 2 amide bonds. The predicted octanol–water partition coefficient (Wildman–Crippen LogP) is 2.34. The molecule has 0 bridgehead atoms. The molecular weight excluding hydrogens is 233 g/mol. The van der Waals surface area contributed by atoms with Crippen LogP contribution in [0.4, 0.5) is 14.9 Å². The van der Waals surface area contributed by atoms with Crippen LogP contribution in [-0.2, 0) is 0 Å². The van der Waals surface area contributed by atoms with Crippen LogP contribution in [0.2, 0.25) is 5.02 Å². The zero-order valence-electron chi connectivity index (χ0n) is 8.52. The minimum absolute atomic E-state index is 0.0946. The van der Waals surface area contributed by atoms with Gasteiger partial charge in [-0.1, -0.05) is 11.6 Å². The molecule has 1 aliphatic heterocycles. The average Bonchev–Trinajstić information content (AvgIpc) is 2.23. The molecular formula is C10H9ClFN3O. The van der Waals surface area contributed by atoms with Crippen LogP contribution < -0.4 is 5.01 Å². The summed E-state index contributed by atoms with van der Waals surface area (Å²) in [5, 5.41) is 5.15. The number of nitrogens with zero attached hydrogens (tertiary/aromatic N) is 3. The van der Waals surface area contributed by atoms with Crippen molar-refractivity contribution in [2.75, 3.05) is 18.6 Å². The van der Waals surface area contributed by atoms with E-state index < -0.39 is 5.82 Å². The van der Waals surface area contributed by atoms with E-state index in [4.69, 9.17) is 11.6 Å². The molecule has 6 heteroatoms. The van der Waals surface area contributed by atoms with Gasteiger partial charge in [0.2, 0.25) is 0 Å². The highest BCUT2D eigenvalue weighted by Gasteiger charge is 2.24. The van der Waals surface area contributed by atoms with Gasteiger partial charge in [-0.25, -0.2) is 9.18 Å². The number of carbonyl (C=O) groups is 1. The Morgan fingerprint density at radius 3 is 2.94 bits per heavy atom. The summed E-state index contributed by atoms with van der Waals surface area (Å²) in [7, 11) is 1.62. The molecule has 0 radical (unpaired) electrons. The Bertz CT molecular complexity index is 463. The van der Waals surface area contributed by atoms with E-state index in [2.05, 4.69) is 5.10 Å². The summed E-state index contributed by atoms with van der Waals surface area (Å²) in [6.45, 7) is 0.421. The lowest BCUT2D eigenvalue weighted by molar-refractivity contribution is 0.219. The number of hydrazone groups is 1. The van der Waals surface area contributed by atoms with Crippen LogP contribution in [0.25, 0.3) is 0 Å². The third-order valence-corrected chi connectivity index (χ3v) is 2.43. The van der Waals surface area contributed by atoms with Crippen LogP contribution in [0.5, 0.6) is 0 Å². The molecule has 2 rings (SSSR count). The van der Waals surface area contributed by atoms with Gasteiger partial charge in [-0.15, -0.1) is 0 Å². The maximum Gasteiger partial charge on any atom is 0.345 e. The number of carbonyl (C=O) groups excluding carboxylic acids is 1. The Morgan fingerprint density at radius 1 is 1.50 bits per heavy atom. The van der Waals surface area contributed by atoms with Crippen molar-refractivity contribution in [3.05, 3.63) is 29.0 Å². The van der Waals surface area contributed by atoms with Gasteiger partial charge in [-0.05, 0) is 18.2 Å². The fourth-order valence-electron chi connectivity index (χ4n) is 1.35. The lowest BCUT2D eigenvalue weighted by Crippen LogP contribution is -2.43. The van der Waals surface area contributed by atoms with Gasteiger partial charge in [0.05, 0.1) is 6.54 Å². The minimum Gasteiger partial charge on any atom is -0.321 e. The SMILES string of the molecule is CN1CC=NN(c2ccc(Cl)cc2F)C1=O. The second-order valence-electron chi connectivity index (χ2n) is 3.37. The molecule has 0 saturated carbocycles. The van der Waals surface area contributed by atoms with Crippen molar-refractivity contribution in [1.82, 2.24) is 4.90 Å². The van der Waals surface area contributed by atoms with Crippen molar-refractivity contribution in [2.45, 2.75) is 0 Å². The van der Waals surface area contributed by atoms with Crippen LogP contribution in [0.3, 0.4) is 0 Å². The maximum absolute atomic E-state index is 13.6.